The van der Waals surface area contributed by atoms with Crippen molar-refractivity contribution in [3.8, 4) is 0 Å². The van der Waals surface area contributed by atoms with Crippen molar-refractivity contribution in [3.05, 3.63) is 0 Å². The van der Waals surface area contributed by atoms with Crippen molar-refractivity contribution in [2.75, 3.05) is 13.2 Å². The van der Waals surface area contributed by atoms with Crippen LogP contribution < -0.4 is 0 Å². The molecule has 1 aliphatic rings. The predicted octanol–water partition coefficient (Wildman–Crippen LogP) is 2.09. The molecular formula is C17H34O4. The molecule has 1 aliphatic carbocycles. The summed E-state index contributed by atoms with van der Waals surface area (Å²) in [4.78, 5) is 0. The van der Waals surface area contributed by atoms with Crippen molar-refractivity contribution >= 4 is 0 Å². The summed E-state index contributed by atoms with van der Waals surface area (Å²) in [5, 5.41) is 38.0. The van der Waals surface area contributed by atoms with Crippen LogP contribution in [-0.4, -0.2) is 45.8 Å². The summed E-state index contributed by atoms with van der Waals surface area (Å²) < 4.78 is 0. The normalized spacial score (nSPS) is 30.7. The molecule has 21 heavy (non-hydrogen) atoms. The van der Waals surface area contributed by atoms with Crippen molar-refractivity contribution in [1.29, 1.82) is 0 Å². The molecule has 0 saturated heterocycles. The van der Waals surface area contributed by atoms with Gasteiger partial charge in [0, 0.05) is 13.2 Å². The first-order chi connectivity index (χ1) is 10.1. The summed E-state index contributed by atoms with van der Waals surface area (Å²) in [5.41, 5.74) is 0. The fraction of sp³-hybridized carbons (Fsp3) is 1.00. The summed E-state index contributed by atoms with van der Waals surface area (Å²) in [6, 6.07) is 0. The molecule has 1 unspecified atom stereocenters. The summed E-state index contributed by atoms with van der Waals surface area (Å²) in [7, 11) is 0. The first-order valence-electron chi connectivity index (χ1n) is 8.68. The van der Waals surface area contributed by atoms with Crippen LogP contribution in [-0.2, 0) is 0 Å². The van der Waals surface area contributed by atoms with Gasteiger partial charge in [-0.05, 0) is 62.7 Å². The van der Waals surface area contributed by atoms with Gasteiger partial charge in [0.25, 0.3) is 0 Å². The van der Waals surface area contributed by atoms with Gasteiger partial charge in [0.2, 0.25) is 0 Å². The lowest BCUT2D eigenvalue weighted by Crippen LogP contribution is -2.22. The highest BCUT2D eigenvalue weighted by Gasteiger charge is 2.39. The summed E-state index contributed by atoms with van der Waals surface area (Å²) >= 11 is 0. The van der Waals surface area contributed by atoms with Crippen LogP contribution in [0.15, 0.2) is 0 Å². The Labute approximate surface area is 129 Å². The van der Waals surface area contributed by atoms with Crippen molar-refractivity contribution in [2.24, 2.45) is 17.8 Å². The molecule has 4 nitrogen and oxygen atoms in total. The zero-order valence-corrected chi connectivity index (χ0v) is 13.5. The van der Waals surface area contributed by atoms with E-state index in [9.17, 15) is 10.2 Å². The fourth-order valence-corrected chi connectivity index (χ4v) is 3.87. The summed E-state index contributed by atoms with van der Waals surface area (Å²) in [6.45, 7) is 2.64. The Morgan fingerprint density at radius 3 is 2.29 bits per heavy atom. The second-order valence-electron chi connectivity index (χ2n) is 6.78. The zero-order valence-electron chi connectivity index (χ0n) is 13.5. The molecule has 0 aromatic heterocycles. The first kappa shape index (κ1) is 18.9. The number of hydrogen-bond donors (Lipinski definition) is 4. The van der Waals surface area contributed by atoms with Crippen LogP contribution in [0.25, 0.3) is 0 Å². The lowest BCUT2D eigenvalue weighted by atomic mass is 9.82. The van der Waals surface area contributed by atoms with Gasteiger partial charge < -0.3 is 20.4 Å². The third-order valence-corrected chi connectivity index (χ3v) is 5.11. The van der Waals surface area contributed by atoms with Gasteiger partial charge in [-0.3, -0.25) is 0 Å². The van der Waals surface area contributed by atoms with E-state index in [4.69, 9.17) is 10.2 Å². The topological polar surface area (TPSA) is 80.9 Å². The molecule has 126 valence electrons. The molecule has 0 aromatic carbocycles. The van der Waals surface area contributed by atoms with Crippen LogP contribution in [0.4, 0.5) is 0 Å². The number of hydrogen-bond acceptors (Lipinski definition) is 4. The first-order valence-corrected chi connectivity index (χ1v) is 8.68. The van der Waals surface area contributed by atoms with Gasteiger partial charge in [-0.1, -0.05) is 19.8 Å². The van der Waals surface area contributed by atoms with E-state index < -0.39 is 0 Å². The molecule has 0 radical (unpaired) electrons. The molecule has 1 rings (SSSR count). The van der Waals surface area contributed by atoms with Crippen LogP contribution in [0.5, 0.6) is 0 Å². The van der Waals surface area contributed by atoms with E-state index in [1.54, 1.807) is 0 Å². The zero-order chi connectivity index (χ0) is 15.7. The van der Waals surface area contributed by atoms with Crippen LogP contribution in [0.3, 0.4) is 0 Å². The third-order valence-electron chi connectivity index (χ3n) is 5.11. The largest absolute Gasteiger partial charge is 0.396 e. The Balaban J connectivity index is 2.30. The molecule has 4 heteroatoms. The maximum absolute atomic E-state index is 10.2. The minimum Gasteiger partial charge on any atom is -0.396 e. The van der Waals surface area contributed by atoms with Crippen LogP contribution in [0, 0.1) is 17.8 Å². The average Bonchev–Trinajstić information content (AvgIpc) is 2.73. The Morgan fingerprint density at radius 2 is 1.62 bits per heavy atom. The van der Waals surface area contributed by atoms with Crippen LogP contribution in [0.2, 0.25) is 0 Å². The van der Waals surface area contributed by atoms with Gasteiger partial charge in [-0.25, -0.2) is 0 Å². The van der Waals surface area contributed by atoms with E-state index in [1.165, 1.54) is 0 Å². The quantitative estimate of drug-likeness (QED) is 0.441. The van der Waals surface area contributed by atoms with Gasteiger partial charge in [-0.15, -0.1) is 0 Å². The van der Waals surface area contributed by atoms with Crippen LogP contribution in [0.1, 0.15) is 64.7 Å². The molecule has 4 N–H and O–H groups in total. The van der Waals surface area contributed by atoms with Gasteiger partial charge in [0.05, 0.1) is 12.2 Å². The highest BCUT2D eigenvalue weighted by molar-refractivity contribution is 4.89. The van der Waals surface area contributed by atoms with Crippen molar-refractivity contribution < 1.29 is 20.4 Å². The molecule has 0 heterocycles. The lowest BCUT2D eigenvalue weighted by molar-refractivity contribution is 0.0839. The molecule has 1 saturated carbocycles. The van der Waals surface area contributed by atoms with Crippen molar-refractivity contribution in [3.63, 3.8) is 0 Å². The molecule has 0 aromatic rings. The van der Waals surface area contributed by atoms with Gasteiger partial charge in [0.1, 0.15) is 0 Å². The van der Waals surface area contributed by atoms with E-state index in [-0.39, 0.29) is 31.3 Å². The minimum atomic E-state index is -0.287. The molecule has 0 aliphatic heterocycles. The molecule has 0 amide bonds. The average molecular weight is 302 g/mol. The Bertz CT molecular complexity index is 259. The molecule has 5 atom stereocenters. The van der Waals surface area contributed by atoms with E-state index >= 15 is 0 Å². The molecular weight excluding hydrogens is 268 g/mol. The number of unbranched alkanes of at least 4 members (excludes halogenated alkanes) is 2. The fourth-order valence-electron chi connectivity index (χ4n) is 3.87. The standard InChI is InChI=1S/C17H34O4/c1-13-12-17(21)16(15(13)7-5-11-19)9-8-14(20)6-3-2-4-10-18/h13-21H,2-12H2,1H3/t13-,14?,15-,16+,17+/m0/s1. The second-order valence-corrected chi connectivity index (χ2v) is 6.78. The molecule has 0 spiro atoms. The number of rotatable bonds is 11. The van der Waals surface area contributed by atoms with Crippen molar-refractivity contribution in [1.82, 2.24) is 0 Å². The maximum atomic E-state index is 10.2. The highest BCUT2D eigenvalue weighted by Crippen LogP contribution is 2.42. The molecule has 1 fully saturated rings. The van der Waals surface area contributed by atoms with Gasteiger partial charge in [0.15, 0.2) is 0 Å². The SMILES string of the molecule is C[C@H]1C[C@@H](O)[C@H](CCC(O)CCCCCO)[C@H]1CCCO. The highest BCUT2D eigenvalue weighted by atomic mass is 16.3. The minimum absolute atomic E-state index is 0.222. The van der Waals surface area contributed by atoms with Gasteiger partial charge in [-0.2, -0.15) is 0 Å². The number of aliphatic hydroxyl groups excluding tert-OH is 4. The van der Waals surface area contributed by atoms with E-state index in [1.807, 2.05) is 0 Å². The molecule has 0 bridgehead atoms. The van der Waals surface area contributed by atoms with E-state index in [0.29, 0.717) is 11.8 Å². The van der Waals surface area contributed by atoms with E-state index in [2.05, 4.69) is 6.92 Å². The second kappa shape index (κ2) is 10.5. The van der Waals surface area contributed by atoms with E-state index in [0.717, 1.165) is 57.8 Å². The third kappa shape index (κ3) is 6.64. The Hall–Kier alpha value is -0.160. The Morgan fingerprint density at radius 1 is 0.905 bits per heavy atom. The summed E-state index contributed by atoms with van der Waals surface area (Å²) in [5.74, 6) is 1.27. The predicted molar refractivity (Wildman–Crippen MR) is 83.9 cm³/mol. The van der Waals surface area contributed by atoms with Gasteiger partial charge >= 0.3 is 0 Å². The maximum Gasteiger partial charge on any atom is 0.0573 e. The monoisotopic (exact) mass is 302 g/mol. The number of aliphatic hydroxyl groups is 4. The smallest absolute Gasteiger partial charge is 0.0573 e. The van der Waals surface area contributed by atoms with Crippen LogP contribution >= 0.6 is 0 Å². The summed E-state index contributed by atoms with van der Waals surface area (Å²) in [6.07, 6.45) is 7.27. The van der Waals surface area contributed by atoms with Crippen molar-refractivity contribution in [2.45, 2.75) is 76.9 Å². The lowest BCUT2D eigenvalue weighted by Gasteiger charge is -2.25. The Kier molecular flexibility index (Phi) is 9.49.